The van der Waals surface area contributed by atoms with Gasteiger partial charge in [0.2, 0.25) is 4.96 Å². The van der Waals surface area contributed by atoms with Crippen molar-refractivity contribution < 1.29 is 9.53 Å². The van der Waals surface area contributed by atoms with Crippen molar-refractivity contribution in [3.8, 4) is 5.75 Å². The minimum absolute atomic E-state index is 0.226. The molecular weight excluding hydrogens is 382 g/mol. The van der Waals surface area contributed by atoms with Crippen LogP contribution < -0.4 is 14.8 Å². The van der Waals surface area contributed by atoms with Gasteiger partial charge in [0.15, 0.2) is 5.82 Å². The van der Waals surface area contributed by atoms with E-state index in [-0.39, 0.29) is 5.56 Å². The highest BCUT2D eigenvalue weighted by atomic mass is 32.1. The highest BCUT2D eigenvalue weighted by molar-refractivity contribution is 7.15. The molecule has 0 atom stereocenters. The summed E-state index contributed by atoms with van der Waals surface area (Å²) in [6, 6.07) is 10.9. The first kappa shape index (κ1) is 17.3. The Morgan fingerprint density at radius 1 is 1.22 bits per heavy atom. The van der Waals surface area contributed by atoms with E-state index in [4.69, 9.17) is 4.74 Å². The van der Waals surface area contributed by atoms with Crippen LogP contribution in [0.3, 0.4) is 0 Å². The van der Waals surface area contributed by atoms with Crippen molar-refractivity contribution in [2.24, 2.45) is 0 Å². The predicted octanol–water partition coefficient (Wildman–Crippen LogP) is 2.86. The van der Waals surface area contributed by atoms with Crippen molar-refractivity contribution in [1.82, 2.24) is 14.6 Å². The molecule has 4 aromatic rings. The van der Waals surface area contributed by atoms with Gasteiger partial charge in [-0.2, -0.15) is 9.50 Å². The Morgan fingerprint density at radius 2 is 2.11 bits per heavy atom. The van der Waals surface area contributed by atoms with Crippen LogP contribution in [-0.4, -0.2) is 20.6 Å². The summed E-state index contributed by atoms with van der Waals surface area (Å²) in [5.41, 5.74) is 0.532. The monoisotopic (exact) mass is 395 g/mol. The number of carbonyl (C=O) groups is 1. The molecule has 0 radical (unpaired) electrons. The Labute approximate surface area is 161 Å². The molecule has 0 fully saturated rings. The van der Waals surface area contributed by atoms with E-state index in [1.165, 1.54) is 22.8 Å². The number of fused-ring (bicyclic) bond motifs is 1. The number of thiazole rings is 1. The summed E-state index contributed by atoms with van der Waals surface area (Å²) in [5, 5.41) is 6.26. The topological polar surface area (TPSA) is 73.6 Å². The van der Waals surface area contributed by atoms with Crippen LogP contribution in [-0.2, 0) is 4.79 Å². The minimum atomic E-state index is -0.390. The molecule has 0 saturated heterocycles. The van der Waals surface area contributed by atoms with E-state index in [9.17, 15) is 9.59 Å². The number of esters is 1. The minimum Gasteiger partial charge on any atom is -0.427 e. The molecule has 0 aliphatic rings. The number of thiophene rings is 1. The average Bonchev–Trinajstić information content (AvgIpc) is 3.33. The van der Waals surface area contributed by atoms with E-state index >= 15 is 0 Å². The fourth-order valence-corrected chi connectivity index (χ4v) is 3.98. The first-order valence-electron chi connectivity index (χ1n) is 8.00. The van der Waals surface area contributed by atoms with Crippen molar-refractivity contribution in [3.63, 3.8) is 0 Å². The van der Waals surface area contributed by atoms with Crippen LogP contribution in [0.15, 0.2) is 46.6 Å². The Balaban J connectivity index is 1.66. The van der Waals surface area contributed by atoms with E-state index in [1.54, 1.807) is 41.7 Å². The maximum atomic E-state index is 12.6. The van der Waals surface area contributed by atoms with E-state index in [1.807, 2.05) is 29.7 Å². The number of benzene rings is 1. The third-order valence-electron chi connectivity index (χ3n) is 3.56. The highest BCUT2D eigenvalue weighted by Crippen LogP contribution is 2.15. The summed E-state index contributed by atoms with van der Waals surface area (Å²) in [4.78, 5) is 29.7. The Morgan fingerprint density at radius 3 is 2.85 bits per heavy atom. The van der Waals surface area contributed by atoms with Gasteiger partial charge < -0.3 is 4.74 Å². The van der Waals surface area contributed by atoms with E-state index in [2.05, 4.69) is 10.1 Å². The molecular formula is C19H13N3O3S2. The van der Waals surface area contributed by atoms with Gasteiger partial charge >= 0.3 is 5.97 Å². The number of hydrogen-bond donors (Lipinski definition) is 0. The van der Waals surface area contributed by atoms with Gasteiger partial charge in [-0.25, -0.2) is 0 Å². The Hall–Kier alpha value is -3.10. The van der Waals surface area contributed by atoms with Crippen LogP contribution in [0.5, 0.6) is 5.75 Å². The Bertz CT molecular complexity index is 1250. The summed E-state index contributed by atoms with van der Waals surface area (Å²) in [5.74, 6) is 0.540. The maximum absolute atomic E-state index is 12.6. The van der Waals surface area contributed by atoms with Crippen molar-refractivity contribution in [2.75, 3.05) is 0 Å². The SMILES string of the molecule is CC(=O)Oc1cccc(/C=c2\sc3nc(/C=C/c4cccs4)nn3c2=O)c1. The van der Waals surface area contributed by atoms with Crippen LogP contribution in [0.4, 0.5) is 0 Å². The molecule has 0 bridgehead atoms. The zero-order chi connectivity index (χ0) is 18.8. The fraction of sp³-hybridized carbons (Fsp3) is 0.0526. The van der Waals surface area contributed by atoms with Crippen LogP contribution in [0.25, 0.3) is 23.2 Å². The van der Waals surface area contributed by atoms with E-state index in [0.717, 1.165) is 10.4 Å². The molecule has 27 heavy (non-hydrogen) atoms. The predicted molar refractivity (Wildman–Crippen MR) is 107 cm³/mol. The second kappa shape index (κ2) is 7.26. The third kappa shape index (κ3) is 3.86. The lowest BCUT2D eigenvalue weighted by Crippen LogP contribution is -2.23. The van der Waals surface area contributed by atoms with Crippen molar-refractivity contribution >= 4 is 51.8 Å². The molecule has 134 valence electrons. The number of ether oxygens (including phenoxy) is 1. The molecule has 8 heteroatoms. The lowest BCUT2D eigenvalue weighted by molar-refractivity contribution is -0.131. The molecule has 4 rings (SSSR count). The lowest BCUT2D eigenvalue weighted by atomic mass is 10.2. The number of aromatic nitrogens is 3. The summed E-state index contributed by atoms with van der Waals surface area (Å²) >= 11 is 2.88. The fourth-order valence-electron chi connectivity index (χ4n) is 2.45. The average molecular weight is 395 g/mol. The molecule has 0 N–H and O–H groups in total. The van der Waals surface area contributed by atoms with Gasteiger partial charge in [-0.05, 0) is 47.4 Å². The zero-order valence-corrected chi connectivity index (χ0v) is 15.8. The summed E-state index contributed by atoms with van der Waals surface area (Å²) < 4.78 is 6.89. The molecule has 0 aliphatic carbocycles. The number of carbonyl (C=O) groups excluding carboxylic acids is 1. The smallest absolute Gasteiger partial charge is 0.308 e. The first-order valence-corrected chi connectivity index (χ1v) is 9.69. The summed E-state index contributed by atoms with van der Waals surface area (Å²) in [6.45, 7) is 1.34. The van der Waals surface area contributed by atoms with E-state index in [0.29, 0.717) is 21.1 Å². The molecule has 0 spiro atoms. The van der Waals surface area contributed by atoms with Gasteiger partial charge in [-0.15, -0.1) is 16.4 Å². The van der Waals surface area contributed by atoms with Crippen molar-refractivity contribution in [2.45, 2.75) is 6.92 Å². The molecule has 6 nitrogen and oxygen atoms in total. The molecule has 0 unspecified atom stereocenters. The summed E-state index contributed by atoms with van der Waals surface area (Å²) in [7, 11) is 0. The van der Waals surface area contributed by atoms with Gasteiger partial charge in [0.05, 0.1) is 4.53 Å². The van der Waals surface area contributed by atoms with Crippen LogP contribution in [0.2, 0.25) is 0 Å². The van der Waals surface area contributed by atoms with Crippen LogP contribution in [0.1, 0.15) is 23.2 Å². The van der Waals surface area contributed by atoms with Gasteiger partial charge in [0.25, 0.3) is 5.56 Å². The molecule has 3 aromatic heterocycles. The highest BCUT2D eigenvalue weighted by Gasteiger charge is 2.09. The van der Waals surface area contributed by atoms with E-state index < -0.39 is 5.97 Å². The largest absolute Gasteiger partial charge is 0.427 e. The maximum Gasteiger partial charge on any atom is 0.308 e. The van der Waals surface area contributed by atoms with Crippen LogP contribution >= 0.6 is 22.7 Å². The molecule has 0 amide bonds. The second-order valence-corrected chi connectivity index (χ2v) is 7.58. The zero-order valence-electron chi connectivity index (χ0n) is 14.2. The number of rotatable bonds is 4. The van der Waals surface area contributed by atoms with Crippen molar-refractivity contribution in [3.05, 3.63) is 72.9 Å². The van der Waals surface area contributed by atoms with Crippen LogP contribution in [0, 0.1) is 0 Å². The standard InChI is InChI=1S/C19H13N3O3S2/c1-12(23)25-14-5-2-4-13(10-14)11-16-18(24)22-19(27-16)20-17(21-22)8-7-15-6-3-9-26-15/h2-11H,1H3/b8-7+,16-11-. The van der Waals surface area contributed by atoms with Gasteiger partial charge in [-0.3, -0.25) is 9.59 Å². The van der Waals surface area contributed by atoms with Gasteiger partial charge in [0, 0.05) is 11.8 Å². The number of hydrogen-bond acceptors (Lipinski definition) is 7. The molecule has 0 saturated carbocycles. The molecule has 3 heterocycles. The molecule has 0 aliphatic heterocycles. The lowest BCUT2D eigenvalue weighted by Gasteiger charge is -2.01. The normalized spacial score (nSPS) is 12.3. The number of nitrogens with zero attached hydrogens (tertiary/aromatic N) is 3. The third-order valence-corrected chi connectivity index (χ3v) is 5.35. The summed E-state index contributed by atoms with van der Waals surface area (Å²) in [6.07, 6.45) is 5.44. The second-order valence-electron chi connectivity index (χ2n) is 5.60. The first-order chi connectivity index (χ1) is 13.1. The van der Waals surface area contributed by atoms with Gasteiger partial charge in [-0.1, -0.05) is 29.5 Å². The quantitative estimate of drug-likeness (QED) is 0.392. The van der Waals surface area contributed by atoms with Crippen molar-refractivity contribution in [1.29, 1.82) is 0 Å². The molecule has 1 aromatic carbocycles. The van der Waals surface area contributed by atoms with Gasteiger partial charge in [0.1, 0.15) is 5.75 Å². The Kier molecular flexibility index (Phi) is 4.66.